The second-order valence-electron chi connectivity index (χ2n) is 6.87. The first kappa shape index (κ1) is 16.8. The van der Waals surface area contributed by atoms with Gasteiger partial charge in [-0.2, -0.15) is 0 Å². The molecule has 136 valence electrons. The summed E-state index contributed by atoms with van der Waals surface area (Å²) in [7, 11) is 0. The Morgan fingerprint density at radius 2 is 2.23 bits per heavy atom. The number of carbonyl (C=O) groups is 1. The van der Waals surface area contributed by atoms with Crippen molar-refractivity contribution < 1.29 is 19.4 Å². The summed E-state index contributed by atoms with van der Waals surface area (Å²) in [4.78, 5) is 19.1. The fourth-order valence-electron chi connectivity index (χ4n) is 4.00. The molecule has 0 aliphatic carbocycles. The Balaban J connectivity index is 1.66. The second-order valence-corrected chi connectivity index (χ2v) is 6.87. The van der Waals surface area contributed by atoms with E-state index in [1.54, 1.807) is 23.2 Å². The number of aromatic nitrogens is 1. The maximum Gasteiger partial charge on any atom is 0.259 e. The van der Waals surface area contributed by atoms with E-state index in [-0.39, 0.29) is 18.4 Å². The van der Waals surface area contributed by atoms with Crippen molar-refractivity contribution in [3.05, 3.63) is 53.7 Å². The average Bonchev–Trinajstić information content (AvgIpc) is 3.09. The van der Waals surface area contributed by atoms with Gasteiger partial charge in [0.2, 0.25) is 5.88 Å². The van der Waals surface area contributed by atoms with Crippen LogP contribution in [0.2, 0.25) is 0 Å². The monoisotopic (exact) mass is 354 g/mol. The highest BCUT2D eigenvalue weighted by molar-refractivity contribution is 5.96. The number of carbonyl (C=O) groups excluding carboxylic acids is 1. The summed E-state index contributed by atoms with van der Waals surface area (Å²) in [6.07, 6.45) is 1.62. The molecule has 0 bridgehead atoms. The molecule has 0 radical (unpaired) electrons. The number of pyridine rings is 1. The van der Waals surface area contributed by atoms with Gasteiger partial charge >= 0.3 is 0 Å². The lowest BCUT2D eigenvalue weighted by Gasteiger charge is -2.37. The fourth-order valence-corrected chi connectivity index (χ4v) is 4.00. The molecule has 1 aromatic heterocycles. The molecule has 2 atom stereocenters. The van der Waals surface area contributed by atoms with Crippen LogP contribution < -0.4 is 9.47 Å². The molecule has 0 spiro atoms. The highest BCUT2D eigenvalue weighted by Gasteiger charge is 2.52. The highest BCUT2D eigenvalue weighted by Crippen LogP contribution is 2.49. The topological polar surface area (TPSA) is 71.9 Å². The third kappa shape index (κ3) is 2.61. The van der Waals surface area contributed by atoms with Crippen LogP contribution >= 0.6 is 0 Å². The van der Waals surface area contributed by atoms with Crippen molar-refractivity contribution in [1.82, 2.24) is 9.88 Å². The van der Waals surface area contributed by atoms with Crippen molar-refractivity contribution in [2.75, 3.05) is 32.9 Å². The highest BCUT2D eigenvalue weighted by atomic mass is 16.5. The molecule has 2 aliphatic rings. The Labute approximate surface area is 152 Å². The van der Waals surface area contributed by atoms with Crippen molar-refractivity contribution in [1.29, 1.82) is 0 Å². The van der Waals surface area contributed by atoms with Crippen LogP contribution in [0.3, 0.4) is 0 Å². The molecule has 6 nitrogen and oxygen atoms in total. The average molecular weight is 354 g/mol. The van der Waals surface area contributed by atoms with Gasteiger partial charge in [0.25, 0.3) is 5.91 Å². The van der Waals surface area contributed by atoms with E-state index in [1.807, 2.05) is 31.2 Å². The molecule has 1 amide bonds. The number of ether oxygens (including phenoxy) is 2. The van der Waals surface area contributed by atoms with Gasteiger partial charge in [-0.3, -0.25) is 4.79 Å². The van der Waals surface area contributed by atoms with Gasteiger partial charge in [0.1, 0.15) is 11.3 Å². The van der Waals surface area contributed by atoms with E-state index < -0.39 is 5.41 Å². The summed E-state index contributed by atoms with van der Waals surface area (Å²) >= 11 is 0. The maximum atomic E-state index is 13.1. The fraction of sp³-hybridized carbons (Fsp3) is 0.400. The number of amides is 1. The van der Waals surface area contributed by atoms with Crippen molar-refractivity contribution in [3.63, 3.8) is 0 Å². The number of aliphatic hydroxyl groups excluding tert-OH is 1. The zero-order valence-electron chi connectivity index (χ0n) is 14.7. The minimum Gasteiger partial charge on any atom is -0.493 e. The minimum atomic E-state index is -0.474. The first-order valence-corrected chi connectivity index (χ1v) is 8.88. The molecule has 2 aromatic rings. The molecule has 1 N–H and O–H groups in total. The van der Waals surface area contributed by atoms with Crippen LogP contribution in [0.1, 0.15) is 28.8 Å². The largest absolute Gasteiger partial charge is 0.493 e. The number of fused-ring (bicyclic) bond motifs is 3. The number of benzene rings is 1. The van der Waals surface area contributed by atoms with Crippen LogP contribution in [0.5, 0.6) is 11.6 Å². The van der Waals surface area contributed by atoms with E-state index in [0.717, 1.165) is 11.3 Å². The molecule has 1 fully saturated rings. The molecular weight excluding hydrogens is 332 g/mol. The first-order chi connectivity index (χ1) is 12.7. The first-order valence-electron chi connectivity index (χ1n) is 8.88. The molecule has 1 aromatic carbocycles. The number of aliphatic hydroxyl groups is 1. The lowest BCUT2D eigenvalue weighted by atomic mass is 9.74. The van der Waals surface area contributed by atoms with E-state index in [4.69, 9.17) is 9.47 Å². The number of rotatable bonds is 4. The number of hydrogen-bond acceptors (Lipinski definition) is 5. The smallest absolute Gasteiger partial charge is 0.259 e. The number of hydrogen-bond donors (Lipinski definition) is 1. The predicted molar refractivity (Wildman–Crippen MR) is 95.5 cm³/mol. The van der Waals surface area contributed by atoms with Crippen LogP contribution in [0.25, 0.3) is 0 Å². The van der Waals surface area contributed by atoms with Gasteiger partial charge in [0, 0.05) is 25.2 Å². The molecule has 26 heavy (non-hydrogen) atoms. The quantitative estimate of drug-likeness (QED) is 0.910. The summed E-state index contributed by atoms with van der Waals surface area (Å²) in [5.41, 5.74) is 1.03. The number of nitrogens with zero attached hydrogens (tertiary/aromatic N) is 2. The van der Waals surface area contributed by atoms with Crippen LogP contribution in [0.4, 0.5) is 0 Å². The van der Waals surface area contributed by atoms with E-state index >= 15 is 0 Å². The van der Waals surface area contributed by atoms with Gasteiger partial charge in [0.15, 0.2) is 0 Å². The van der Waals surface area contributed by atoms with Crippen LogP contribution in [-0.2, 0) is 0 Å². The Bertz CT molecular complexity index is 825. The standard InChI is InChI=1S/C20H22N2O4/c1-2-25-18-15(7-5-9-21-18)19(24)22-10-16-14-6-3-4-8-17(14)26-13-20(16,11-22)12-23/h3-9,16,23H,2,10-13H2,1H3/t16-,20-/m1/s1. The van der Waals surface area contributed by atoms with Crippen LogP contribution in [0, 0.1) is 5.41 Å². The van der Waals surface area contributed by atoms with E-state index in [1.165, 1.54) is 0 Å². The molecule has 0 unspecified atom stereocenters. The van der Waals surface area contributed by atoms with Gasteiger partial charge in [-0.1, -0.05) is 18.2 Å². The van der Waals surface area contributed by atoms with Gasteiger partial charge in [-0.25, -0.2) is 4.98 Å². The zero-order chi connectivity index (χ0) is 18.1. The molecular formula is C20H22N2O4. The van der Waals surface area contributed by atoms with Crippen molar-refractivity contribution in [2.45, 2.75) is 12.8 Å². The lowest BCUT2D eigenvalue weighted by molar-refractivity contribution is 0.0439. The summed E-state index contributed by atoms with van der Waals surface area (Å²) in [5, 5.41) is 10.1. The molecule has 0 saturated carbocycles. The van der Waals surface area contributed by atoms with Crippen LogP contribution in [0.15, 0.2) is 42.6 Å². The SMILES string of the molecule is CCOc1ncccc1C(=O)N1C[C@@H]2c3ccccc3OC[C@]2(CO)C1. The molecule has 2 aliphatic heterocycles. The normalized spacial score (nSPS) is 23.8. The molecule has 6 heteroatoms. The zero-order valence-corrected chi connectivity index (χ0v) is 14.7. The minimum absolute atomic E-state index is 0.0266. The predicted octanol–water partition coefficient (Wildman–Crippen LogP) is 2.09. The Kier molecular flexibility index (Phi) is 4.28. The third-order valence-electron chi connectivity index (χ3n) is 5.34. The molecule has 1 saturated heterocycles. The maximum absolute atomic E-state index is 13.1. The summed E-state index contributed by atoms with van der Waals surface area (Å²) in [6.45, 7) is 3.67. The number of likely N-dealkylation sites (tertiary alicyclic amines) is 1. The van der Waals surface area contributed by atoms with E-state index in [9.17, 15) is 9.90 Å². The van der Waals surface area contributed by atoms with Gasteiger partial charge in [0.05, 0.1) is 25.2 Å². The van der Waals surface area contributed by atoms with Crippen molar-refractivity contribution >= 4 is 5.91 Å². The number of para-hydroxylation sites is 1. The summed E-state index contributed by atoms with van der Waals surface area (Å²) < 4.78 is 11.4. The Hall–Kier alpha value is -2.60. The van der Waals surface area contributed by atoms with E-state index in [0.29, 0.717) is 37.7 Å². The summed E-state index contributed by atoms with van der Waals surface area (Å²) in [5.74, 6) is 1.12. The molecule has 3 heterocycles. The van der Waals surface area contributed by atoms with Gasteiger partial charge in [-0.15, -0.1) is 0 Å². The van der Waals surface area contributed by atoms with Crippen LogP contribution in [-0.4, -0.2) is 53.8 Å². The summed E-state index contributed by atoms with van der Waals surface area (Å²) in [6, 6.07) is 11.3. The lowest BCUT2D eigenvalue weighted by Crippen LogP contribution is -2.42. The molecule has 4 rings (SSSR count). The third-order valence-corrected chi connectivity index (χ3v) is 5.34. The Morgan fingerprint density at radius 3 is 3.04 bits per heavy atom. The van der Waals surface area contributed by atoms with Gasteiger partial charge in [-0.05, 0) is 30.7 Å². The van der Waals surface area contributed by atoms with Gasteiger partial charge < -0.3 is 19.5 Å². The van der Waals surface area contributed by atoms with Crippen molar-refractivity contribution in [3.8, 4) is 11.6 Å². The van der Waals surface area contributed by atoms with E-state index in [2.05, 4.69) is 4.98 Å². The van der Waals surface area contributed by atoms with Crippen molar-refractivity contribution in [2.24, 2.45) is 5.41 Å². The second kappa shape index (κ2) is 6.61. The Morgan fingerprint density at radius 1 is 1.38 bits per heavy atom.